The number of furan rings is 1. The summed E-state index contributed by atoms with van der Waals surface area (Å²) in [5, 5.41) is 2.85. The van der Waals surface area contributed by atoms with Gasteiger partial charge in [0.05, 0.1) is 11.8 Å². The molecule has 1 aromatic rings. The van der Waals surface area contributed by atoms with Gasteiger partial charge in [-0.2, -0.15) is 0 Å². The van der Waals surface area contributed by atoms with E-state index in [0.29, 0.717) is 18.7 Å². The molecule has 0 aliphatic carbocycles. The summed E-state index contributed by atoms with van der Waals surface area (Å²) in [4.78, 5) is 25.2. The van der Waals surface area contributed by atoms with Gasteiger partial charge in [0.2, 0.25) is 5.91 Å². The standard InChI is InChI=1S/C14H20N2O3/c1-9(2)13-12(5-7-19-13)14(18)16-6-4-11(8-16)15-10(3)17/h5,7,9,11H,4,6,8H2,1-3H3,(H,15,17). The Bertz CT molecular complexity index is 479. The molecule has 2 rings (SSSR count). The lowest BCUT2D eigenvalue weighted by Gasteiger charge is -2.17. The number of nitrogens with one attached hydrogen (secondary N) is 1. The summed E-state index contributed by atoms with van der Waals surface area (Å²) < 4.78 is 5.38. The Morgan fingerprint density at radius 1 is 1.47 bits per heavy atom. The van der Waals surface area contributed by atoms with E-state index in [4.69, 9.17) is 4.42 Å². The summed E-state index contributed by atoms with van der Waals surface area (Å²) in [5.41, 5.74) is 0.637. The van der Waals surface area contributed by atoms with Crippen molar-refractivity contribution in [1.82, 2.24) is 10.2 Å². The number of likely N-dealkylation sites (tertiary alicyclic amines) is 1. The van der Waals surface area contributed by atoms with Crippen LogP contribution in [0, 0.1) is 0 Å². The fourth-order valence-corrected chi connectivity index (χ4v) is 2.47. The van der Waals surface area contributed by atoms with Crippen molar-refractivity contribution in [3.63, 3.8) is 0 Å². The van der Waals surface area contributed by atoms with E-state index in [0.717, 1.165) is 12.2 Å². The molecule has 2 heterocycles. The number of hydrogen-bond donors (Lipinski definition) is 1. The quantitative estimate of drug-likeness (QED) is 0.904. The Morgan fingerprint density at radius 2 is 2.21 bits per heavy atom. The van der Waals surface area contributed by atoms with Crippen molar-refractivity contribution in [3.8, 4) is 0 Å². The van der Waals surface area contributed by atoms with Gasteiger partial charge in [0, 0.05) is 32.0 Å². The first-order valence-corrected chi connectivity index (χ1v) is 6.62. The monoisotopic (exact) mass is 264 g/mol. The fraction of sp³-hybridized carbons (Fsp3) is 0.571. The van der Waals surface area contributed by atoms with E-state index in [1.165, 1.54) is 6.92 Å². The van der Waals surface area contributed by atoms with Crippen LogP contribution in [-0.4, -0.2) is 35.8 Å². The minimum atomic E-state index is -0.0505. The highest BCUT2D eigenvalue weighted by Crippen LogP contribution is 2.23. The molecule has 1 aliphatic rings. The van der Waals surface area contributed by atoms with E-state index in [2.05, 4.69) is 5.32 Å². The highest BCUT2D eigenvalue weighted by molar-refractivity contribution is 5.95. The van der Waals surface area contributed by atoms with E-state index < -0.39 is 0 Å². The van der Waals surface area contributed by atoms with Crippen molar-refractivity contribution in [3.05, 3.63) is 23.7 Å². The Hall–Kier alpha value is -1.78. The van der Waals surface area contributed by atoms with Gasteiger partial charge in [0.1, 0.15) is 5.76 Å². The highest BCUT2D eigenvalue weighted by atomic mass is 16.3. The van der Waals surface area contributed by atoms with Crippen molar-refractivity contribution in [2.75, 3.05) is 13.1 Å². The lowest BCUT2D eigenvalue weighted by Crippen LogP contribution is -2.37. The lowest BCUT2D eigenvalue weighted by molar-refractivity contribution is -0.119. The second-order valence-electron chi connectivity index (χ2n) is 5.29. The molecular weight excluding hydrogens is 244 g/mol. The first-order valence-electron chi connectivity index (χ1n) is 6.62. The van der Waals surface area contributed by atoms with E-state index in [1.807, 2.05) is 13.8 Å². The van der Waals surface area contributed by atoms with Crippen LogP contribution in [0.1, 0.15) is 49.2 Å². The van der Waals surface area contributed by atoms with Gasteiger partial charge in [0.15, 0.2) is 0 Å². The number of hydrogen-bond acceptors (Lipinski definition) is 3. The molecule has 1 aliphatic heterocycles. The van der Waals surface area contributed by atoms with E-state index >= 15 is 0 Å². The molecule has 0 spiro atoms. The molecule has 0 radical (unpaired) electrons. The van der Waals surface area contributed by atoms with Crippen molar-refractivity contribution in [1.29, 1.82) is 0 Å². The first-order chi connectivity index (χ1) is 8.99. The maximum atomic E-state index is 12.4. The molecule has 19 heavy (non-hydrogen) atoms. The largest absolute Gasteiger partial charge is 0.468 e. The molecule has 2 amide bonds. The van der Waals surface area contributed by atoms with Gasteiger partial charge >= 0.3 is 0 Å². The Morgan fingerprint density at radius 3 is 2.84 bits per heavy atom. The molecule has 1 fully saturated rings. The van der Waals surface area contributed by atoms with Crippen LogP contribution in [0.25, 0.3) is 0 Å². The summed E-state index contributed by atoms with van der Waals surface area (Å²) >= 11 is 0. The number of carbonyl (C=O) groups is 2. The third-order valence-corrected chi connectivity index (χ3v) is 3.33. The molecular formula is C14H20N2O3. The first kappa shape index (κ1) is 13.6. The topological polar surface area (TPSA) is 62.6 Å². The van der Waals surface area contributed by atoms with E-state index in [1.54, 1.807) is 17.2 Å². The number of nitrogens with zero attached hydrogens (tertiary/aromatic N) is 1. The summed E-state index contributed by atoms with van der Waals surface area (Å²) in [5.74, 6) is 0.853. The van der Waals surface area contributed by atoms with Gasteiger partial charge in [-0.1, -0.05) is 13.8 Å². The summed E-state index contributed by atoms with van der Waals surface area (Å²) in [7, 11) is 0. The minimum Gasteiger partial charge on any atom is -0.468 e. The molecule has 5 heteroatoms. The van der Waals surface area contributed by atoms with Gasteiger partial charge in [-0.15, -0.1) is 0 Å². The Kier molecular flexibility index (Phi) is 3.93. The van der Waals surface area contributed by atoms with Gasteiger partial charge in [-0.25, -0.2) is 0 Å². The average Bonchev–Trinajstić information content (AvgIpc) is 2.94. The summed E-state index contributed by atoms with van der Waals surface area (Å²) in [6, 6.07) is 1.79. The summed E-state index contributed by atoms with van der Waals surface area (Å²) in [6.45, 7) is 6.74. The van der Waals surface area contributed by atoms with Crippen LogP contribution >= 0.6 is 0 Å². The van der Waals surface area contributed by atoms with Crippen LogP contribution in [0.5, 0.6) is 0 Å². The molecule has 1 atom stereocenters. The molecule has 0 saturated carbocycles. The van der Waals surface area contributed by atoms with Crippen molar-refractivity contribution in [2.24, 2.45) is 0 Å². The van der Waals surface area contributed by atoms with E-state index in [9.17, 15) is 9.59 Å². The molecule has 1 N–H and O–H groups in total. The molecule has 104 valence electrons. The van der Waals surface area contributed by atoms with Crippen LogP contribution in [0.2, 0.25) is 0 Å². The zero-order valence-corrected chi connectivity index (χ0v) is 11.6. The zero-order valence-electron chi connectivity index (χ0n) is 11.6. The van der Waals surface area contributed by atoms with Crippen LogP contribution < -0.4 is 5.32 Å². The van der Waals surface area contributed by atoms with Crippen molar-refractivity contribution >= 4 is 11.8 Å². The van der Waals surface area contributed by atoms with Crippen molar-refractivity contribution < 1.29 is 14.0 Å². The maximum Gasteiger partial charge on any atom is 0.257 e. The van der Waals surface area contributed by atoms with Crippen LogP contribution in [0.4, 0.5) is 0 Å². The maximum absolute atomic E-state index is 12.4. The normalized spacial score (nSPS) is 18.9. The lowest BCUT2D eigenvalue weighted by atomic mass is 10.1. The Balaban J connectivity index is 2.05. The predicted molar refractivity (Wildman–Crippen MR) is 70.9 cm³/mol. The smallest absolute Gasteiger partial charge is 0.257 e. The molecule has 0 bridgehead atoms. The van der Waals surface area contributed by atoms with Crippen LogP contribution in [-0.2, 0) is 4.79 Å². The highest BCUT2D eigenvalue weighted by Gasteiger charge is 2.29. The molecule has 5 nitrogen and oxygen atoms in total. The number of rotatable bonds is 3. The van der Waals surface area contributed by atoms with Gasteiger partial charge in [-0.3, -0.25) is 9.59 Å². The minimum absolute atomic E-state index is 0.00898. The SMILES string of the molecule is CC(=O)NC1CCN(C(=O)c2ccoc2C(C)C)C1. The molecule has 1 aromatic heterocycles. The third-order valence-electron chi connectivity index (χ3n) is 3.33. The summed E-state index contributed by atoms with van der Waals surface area (Å²) in [6.07, 6.45) is 2.37. The Labute approximate surface area is 113 Å². The third kappa shape index (κ3) is 2.97. The average molecular weight is 264 g/mol. The van der Waals surface area contributed by atoms with Crippen LogP contribution in [0.3, 0.4) is 0 Å². The second kappa shape index (κ2) is 5.47. The van der Waals surface area contributed by atoms with Gasteiger partial charge in [-0.05, 0) is 12.5 Å². The second-order valence-corrected chi connectivity index (χ2v) is 5.29. The number of amides is 2. The molecule has 0 aromatic carbocycles. The predicted octanol–water partition coefficient (Wildman–Crippen LogP) is 1.75. The van der Waals surface area contributed by atoms with E-state index in [-0.39, 0.29) is 23.8 Å². The number of carbonyl (C=O) groups excluding carboxylic acids is 2. The molecule has 1 saturated heterocycles. The molecule has 1 unspecified atom stereocenters. The van der Waals surface area contributed by atoms with Crippen LogP contribution in [0.15, 0.2) is 16.7 Å². The van der Waals surface area contributed by atoms with Gasteiger partial charge < -0.3 is 14.6 Å². The fourth-order valence-electron chi connectivity index (χ4n) is 2.47. The van der Waals surface area contributed by atoms with Gasteiger partial charge in [0.25, 0.3) is 5.91 Å². The van der Waals surface area contributed by atoms with Crippen molar-refractivity contribution in [2.45, 2.75) is 39.2 Å². The zero-order chi connectivity index (χ0) is 14.0.